The second kappa shape index (κ2) is 3.64. The Hall–Kier alpha value is -0.610. The van der Waals surface area contributed by atoms with E-state index in [1.807, 2.05) is 13.8 Å². The Labute approximate surface area is 78.3 Å². The monoisotopic (exact) mass is 187 g/mol. The molecule has 1 fully saturated rings. The average Bonchev–Trinajstić information content (AvgIpc) is 1.99. The fourth-order valence-corrected chi connectivity index (χ4v) is 1.59. The van der Waals surface area contributed by atoms with Crippen molar-refractivity contribution in [2.75, 3.05) is 7.05 Å². The van der Waals surface area contributed by atoms with E-state index in [1.54, 1.807) is 0 Å². The molecule has 0 saturated heterocycles. The quantitative estimate of drug-likeness (QED) is 0.656. The Morgan fingerprint density at radius 1 is 1.62 bits per heavy atom. The lowest BCUT2D eigenvalue weighted by Gasteiger charge is -2.42. The SMILES string of the molecule is CNC(=O)C1(O)CC(OC(C)C)C1. The number of carbonyl (C=O) groups excluding carboxylic acids is 1. The molecule has 4 heteroatoms. The van der Waals surface area contributed by atoms with Gasteiger partial charge in [-0.1, -0.05) is 0 Å². The first-order valence-corrected chi connectivity index (χ1v) is 4.58. The van der Waals surface area contributed by atoms with Gasteiger partial charge in [0.1, 0.15) is 5.60 Å². The lowest BCUT2D eigenvalue weighted by Crippen LogP contribution is -2.58. The molecule has 1 amide bonds. The van der Waals surface area contributed by atoms with Crippen LogP contribution in [0.25, 0.3) is 0 Å². The van der Waals surface area contributed by atoms with E-state index in [0.29, 0.717) is 12.8 Å². The molecule has 0 bridgehead atoms. The van der Waals surface area contributed by atoms with Crippen molar-refractivity contribution in [1.29, 1.82) is 0 Å². The molecule has 0 radical (unpaired) electrons. The lowest BCUT2D eigenvalue weighted by atomic mass is 9.76. The zero-order chi connectivity index (χ0) is 10.1. The molecule has 0 atom stereocenters. The van der Waals surface area contributed by atoms with Gasteiger partial charge in [0.2, 0.25) is 0 Å². The van der Waals surface area contributed by atoms with Crippen LogP contribution in [-0.2, 0) is 9.53 Å². The van der Waals surface area contributed by atoms with Gasteiger partial charge in [-0.3, -0.25) is 4.79 Å². The Balaban J connectivity index is 2.34. The maximum atomic E-state index is 11.1. The van der Waals surface area contributed by atoms with Gasteiger partial charge in [-0.2, -0.15) is 0 Å². The number of rotatable bonds is 3. The molecule has 2 N–H and O–H groups in total. The van der Waals surface area contributed by atoms with E-state index in [2.05, 4.69) is 5.32 Å². The number of likely N-dealkylation sites (N-methyl/N-ethyl adjacent to an activating group) is 1. The largest absolute Gasteiger partial charge is 0.380 e. The van der Waals surface area contributed by atoms with Crippen LogP contribution in [0.5, 0.6) is 0 Å². The molecular formula is C9H17NO3. The van der Waals surface area contributed by atoms with Gasteiger partial charge >= 0.3 is 0 Å². The van der Waals surface area contributed by atoms with E-state index in [4.69, 9.17) is 4.74 Å². The number of ether oxygens (including phenoxy) is 1. The molecule has 0 aromatic carbocycles. The van der Waals surface area contributed by atoms with Gasteiger partial charge in [-0.05, 0) is 13.8 Å². The molecule has 1 aliphatic carbocycles. The second-order valence-electron chi connectivity index (χ2n) is 3.83. The summed E-state index contributed by atoms with van der Waals surface area (Å²) in [6.45, 7) is 3.88. The van der Waals surface area contributed by atoms with Crippen molar-refractivity contribution in [3.63, 3.8) is 0 Å². The summed E-state index contributed by atoms with van der Waals surface area (Å²) in [6, 6.07) is 0. The molecule has 1 saturated carbocycles. The lowest BCUT2D eigenvalue weighted by molar-refractivity contribution is -0.175. The van der Waals surface area contributed by atoms with Gasteiger partial charge in [-0.15, -0.1) is 0 Å². The van der Waals surface area contributed by atoms with Crippen LogP contribution in [-0.4, -0.2) is 35.9 Å². The molecule has 4 nitrogen and oxygen atoms in total. The van der Waals surface area contributed by atoms with Crippen LogP contribution in [0.4, 0.5) is 0 Å². The van der Waals surface area contributed by atoms with Gasteiger partial charge in [0.05, 0.1) is 12.2 Å². The highest BCUT2D eigenvalue weighted by Gasteiger charge is 2.49. The third-order valence-corrected chi connectivity index (χ3v) is 2.25. The minimum atomic E-state index is -1.19. The van der Waals surface area contributed by atoms with Gasteiger partial charge in [0.25, 0.3) is 5.91 Å². The van der Waals surface area contributed by atoms with Crippen LogP contribution < -0.4 is 5.32 Å². The molecular weight excluding hydrogens is 170 g/mol. The fourth-order valence-electron chi connectivity index (χ4n) is 1.59. The van der Waals surface area contributed by atoms with Crippen molar-refractivity contribution in [1.82, 2.24) is 5.32 Å². The third-order valence-electron chi connectivity index (χ3n) is 2.25. The Morgan fingerprint density at radius 2 is 2.15 bits per heavy atom. The van der Waals surface area contributed by atoms with Crippen LogP contribution in [0.2, 0.25) is 0 Å². The number of hydrogen-bond acceptors (Lipinski definition) is 3. The minimum Gasteiger partial charge on any atom is -0.380 e. The minimum absolute atomic E-state index is 0.0299. The molecule has 1 aliphatic rings. The number of aliphatic hydroxyl groups is 1. The molecule has 13 heavy (non-hydrogen) atoms. The Bertz CT molecular complexity index is 197. The first-order valence-electron chi connectivity index (χ1n) is 4.58. The van der Waals surface area contributed by atoms with Gasteiger partial charge in [0.15, 0.2) is 0 Å². The number of nitrogens with one attached hydrogen (secondary N) is 1. The predicted octanol–water partition coefficient (Wildman–Crippen LogP) is 0.0509. The smallest absolute Gasteiger partial charge is 0.251 e. The summed E-state index contributed by atoms with van der Waals surface area (Å²) in [5.74, 6) is -0.309. The summed E-state index contributed by atoms with van der Waals surface area (Å²) in [7, 11) is 1.52. The first kappa shape index (κ1) is 10.5. The summed E-state index contributed by atoms with van der Waals surface area (Å²) < 4.78 is 5.44. The van der Waals surface area contributed by atoms with Crippen LogP contribution in [0.15, 0.2) is 0 Å². The molecule has 1 rings (SSSR count). The molecule has 0 aliphatic heterocycles. The number of amides is 1. The molecule has 0 unspecified atom stereocenters. The van der Waals surface area contributed by atoms with Gasteiger partial charge in [0, 0.05) is 19.9 Å². The third kappa shape index (κ3) is 2.19. The normalized spacial score (nSPS) is 32.8. The topological polar surface area (TPSA) is 58.6 Å². The molecule has 0 heterocycles. The average molecular weight is 187 g/mol. The molecule has 76 valence electrons. The van der Waals surface area contributed by atoms with Gasteiger partial charge < -0.3 is 15.2 Å². The number of carbonyl (C=O) groups is 1. The van der Waals surface area contributed by atoms with Crippen molar-refractivity contribution in [2.24, 2.45) is 0 Å². The van der Waals surface area contributed by atoms with Crippen LogP contribution in [0.1, 0.15) is 26.7 Å². The Morgan fingerprint density at radius 3 is 2.54 bits per heavy atom. The number of hydrogen-bond donors (Lipinski definition) is 2. The molecule has 0 aromatic heterocycles. The van der Waals surface area contributed by atoms with Crippen molar-refractivity contribution in [3.05, 3.63) is 0 Å². The Kier molecular flexibility index (Phi) is 2.93. The van der Waals surface area contributed by atoms with E-state index < -0.39 is 5.60 Å². The summed E-state index contributed by atoms with van der Waals surface area (Å²) in [5, 5.41) is 12.1. The van der Waals surface area contributed by atoms with Crippen molar-refractivity contribution >= 4 is 5.91 Å². The zero-order valence-corrected chi connectivity index (χ0v) is 8.33. The van der Waals surface area contributed by atoms with E-state index >= 15 is 0 Å². The fraction of sp³-hybridized carbons (Fsp3) is 0.889. The predicted molar refractivity (Wildman–Crippen MR) is 48.3 cm³/mol. The summed E-state index contributed by atoms with van der Waals surface area (Å²) >= 11 is 0. The van der Waals surface area contributed by atoms with E-state index in [1.165, 1.54) is 7.05 Å². The standard InChI is InChI=1S/C9H17NO3/c1-6(2)13-7-4-9(12,5-7)8(11)10-3/h6-7,12H,4-5H2,1-3H3,(H,10,11). The van der Waals surface area contributed by atoms with Crippen molar-refractivity contribution in [3.8, 4) is 0 Å². The van der Waals surface area contributed by atoms with Crippen LogP contribution in [0.3, 0.4) is 0 Å². The van der Waals surface area contributed by atoms with Crippen LogP contribution >= 0.6 is 0 Å². The summed E-state index contributed by atoms with van der Waals surface area (Å²) in [6.07, 6.45) is 0.997. The second-order valence-corrected chi connectivity index (χ2v) is 3.83. The first-order chi connectivity index (χ1) is 5.98. The van der Waals surface area contributed by atoms with E-state index in [0.717, 1.165) is 0 Å². The maximum absolute atomic E-state index is 11.1. The molecule has 0 aromatic rings. The van der Waals surface area contributed by atoms with Crippen LogP contribution in [0, 0.1) is 0 Å². The zero-order valence-electron chi connectivity index (χ0n) is 8.33. The highest BCUT2D eigenvalue weighted by Crippen LogP contribution is 2.35. The van der Waals surface area contributed by atoms with Crippen molar-refractivity contribution < 1.29 is 14.6 Å². The van der Waals surface area contributed by atoms with Crippen molar-refractivity contribution in [2.45, 2.75) is 44.5 Å². The highest BCUT2D eigenvalue weighted by molar-refractivity contribution is 5.85. The summed E-state index contributed by atoms with van der Waals surface area (Å²) in [4.78, 5) is 11.1. The van der Waals surface area contributed by atoms with Gasteiger partial charge in [-0.25, -0.2) is 0 Å². The van der Waals surface area contributed by atoms with E-state index in [-0.39, 0.29) is 18.1 Å². The maximum Gasteiger partial charge on any atom is 0.251 e. The van der Waals surface area contributed by atoms with E-state index in [9.17, 15) is 9.90 Å². The molecule has 0 spiro atoms. The summed E-state index contributed by atoms with van der Waals surface area (Å²) in [5.41, 5.74) is -1.19. The highest BCUT2D eigenvalue weighted by atomic mass is 16.5.